The highest BCUT2D eigenvalue weighted by Crippen LogP contribution is 2.26. The van der Waals surface area contributed by atoms with Gasteiger partial charge in [-0.3, -0.25) is 4.79 Å². The molecule has 4 aromatic rings. The Hall–Kier alpha value is -3.58. The van der Waals surface area contributed by atoms with E-state index in [0.29, 0.717) is 33.8 Å². The predicted octanol–water partition coefficient (Wildman–Crippen LogP) is 4.90. The minimum atomic E-state index is -0.216. The second kappa shape index (κ2) is 9.06. The molecule has 0 saturated carbocycles. The van der Waals surface area contributed by atoms with Crippen molar-refractivity contribution in [2.75, 3.05) is 0 Å². The van der Waals surface area contributed by atoms with Gasteiger partial charge >= 0.3 is 0 Å². The Balaban J connectivity index is 1.53. The normalized spacial score (nSPS) is 11.0. The lowest BCUT2D eigenvalue weighted by molar-refractivity contribution is 0.0671. The van der Waals surface area contributed by atoms with Gasteiger partial charge in [-0.25, -0.2) is 9.97 Å². The lowest BCUT2D eigenvalue weighted by Gasteiger charge is -2.25. The molecular formula is C23H20ClN5O2. The van der Waals surface area contributed by atoms with E-state index >= 15 is 0 Å². The third kappa shape index (κ3) is 4.62. The Bertz CT molecular complexity index is 1180. The highest BCUT2D eigenvalue weighted by atomic mass is 35.5. The summed E-state index contributed by atoms with van der Waals surface area (Å²) in [5.41, 5.74) is 1.93. The van der Waals surface area contributed by atoms with Crippen LogP contribution in [-0.2, 0) is 6.54 Å². The van der Waals surface area contributed by atoms with E-state index in [0.717, 1.165) is 5.56 Å². The van der Waals surface area contributed by atoms with Gasteiger partial charge in [-0.1, -0.05) is 54.1 Å². The number of rotatable bonds is 6. The van der Waals surface area contributed by atoms with Gasteiger partial charge in [0.25, 0.3) is 5.91 Å². The van der Waals surface area contributed by atoms with Crippen LogP contribution in [0.5, 0.6) is 0 Å². The summed E-state index contributed by atoms with van der Waals surface area (Å²) in [7, 11) is 0. The number of amides is 1. The zero-order chi connectivity index (χ0) is 21.8. The first-order chi connectivity index (χ1) is 15.0. The molecule has 0 N–H and O–H groups in total. The summed E-state index contributed by atoms with van der Waals surface area (Å²) in [5.74, 6) is 0.979. The van der Waals surface area contributed by atoms with Gasteiger partial charge in [0.05, 0.1) is 22.7 Å². The van der Waals surface area contributed by atoms with Crippen molar-refractivity contribution < 1.29 is 9.21 Å². The number of carbonyl (C=O) groups is 1. The fourth-order valence-electron chi connectivity index (χ4n) is 3.04. The number of hydrogen-bond acceptors (Lipinski definition) is 6. The van der Waals surface area contributed by atoms with Crippen LogP contribution in [0.3, 0.4) is 0 Å². The molecule has 8 heteroatoms. The van der Waals surface area contributed by atoms with Crippen LogP contribution < -0.4 is 0 Å². The van der Waals surface area contributed by atoms with Gasteiger partial charge < -0.3 is 9.32 Å². The van der Waals surface area contributed by atoms with Crippen LogP contribution in [-0.4, -0.2) is 37.0 Å². The molecule has 0 bridgehead atoms. The minimum Gasteiger partial charge on any atom is -0.419 e. The van der Waals surface area contributed by atoms with Gasteiger partial charge in [0.15, 0.2) is 5.82 Å². The molecule has 0 aliphatic heterocycles. The third-order valence-corrected chi connectivity index (χ3v) is 5.02. The number of benzene rings is 2. The molecule has 4 rings (SSSR count). The average molecular weight is 434 g/mol. The molecule has 31 heavy (non-hydrogen) atoms. The number of hydrogen-bond donors (Lipinski definition) is 0. The molecule has 0 atom stereocenters. The first-order valence-corrected chi connectivity index (χ1v) is 10.2. The highest BCUT2D eigenvalue weighted by molar-refractivity contribution is 6.33. The van der Waals surface area contributed by atoms with Gasteiger partial charge in [-0.2, -0.15) is 0 Å². The third-order valence-electron chi connectivity index (χ3n) is 4.69. The fraction of sp³-hybridized carbons (Fsp3) is 0.174. The van der Waals surface area contributed by atoms with Gasteiger partial charge in [-0.05, 0) is 26.0 Å². The molecule has 0 fully saturated rings. The molecule has 1 amide bonds. The van der Waals surface area contributed by atoms with Gasteiger partial charge in [-0.15, -0.1) is 10.2 Å². The largest absolute Gasteiger partial charge is 0.419 e. The van der Waals surface area contributed by atoms with Crippen LogP contribution in [0, 0.1) is 0 Å². The van der Waals surface area contributed by atoms with Gasteiger partial charge in [0.1, 0.15) is 0 Å². The van der Waals surface area contributed by atoms with Gasteiger partial charge in [0, 0.05) is 24.0 Å². The molecule has 2 heterocycles. The first kappa shape index (κ1) is 20.7. The second-order valence-corrected chi connectivity index (χ2v) is 7.58. The Morgan fingerprint density at radius 3 is 2.35 bits per heavy atom. The molecule has 0 unspecified atom stereocenters. The lowest BCUT2D eigenvalue weighted by atomic mass is 10.2. The standard InChI is InChI=1S/C23H20ClN5O2/c1-15(2)29(14-20-27-28-22(31-20)18-10-6-7-11-19(18)24)23(30)17-12-25-21(26-13-17)16-8-4-3-5-9-16/h3-13,15H,14H2,1-2H3. The van der Waals surface area contributed by atoms with Crippen LogP contribution in [0.1, 0.15) is 30.1 Å². The van der Waals surface area contributed by atoms with Crippen molar-refractivity contribution in [3.05, 3.63) is 83.5 Å². The summed E-state index contributed by atoms with van der Waals surface area (Å²) in [6.45, 7) is 4.00. The van der Waals surface area contributed by atoms with Crippen molar-refractivity contribution in [2.45, 2.75) is 26.4 Å². The van der Waals surface area contributed by atoms with Crippen molar-refractivity contribution >= 4 is 17.5 Å². The predicted molar refractivity (Wildman–Crippen MR) is 117 cm³/mol. The zero-order valence-corrected chi connectivity index (χ0v) is 17.8. The SMILES string of the molecule is CC(C)N(Cc1nnc(-c2ccccc2Cl)o1)C(=O)c1cnc(-c2ccccc2)nc1. The first-order valence-electron chi connectivity index (χ1n) is 9.78. The van der Waals surface area contributed by atoms with Crippen LogP contribution in [0.15, 0.2) is 71.4 Å². The summed E-state index contributed by atoms with van der Waals surface area (Å²) in [6, 6.07) is 16.7. The molecule has 156 valence electrons. The van der Waals surface area contributed by atoms with E-state index in [9.17, 15) is 4.79 Å². The molecule has 7 nitrogen and oxygen atoms in total. The summed E-state index contributed by atoms with van der Waals surface area (Å²) in [5, 5.41) is 8.68. The van der Waals surface area contributed by atoms with E-state index < -0.39 is 0 Å². The quantitative estimate of drug-likeness (QED) is 0.430. The minimum absolute atomic E-state index is 0.100. The maximum atomic E-state index is 13.1. The van der Waals surface area contributed by atoms with E-state index in [2.05, 4.69) is 20.2 Å². The smallest absolute Gasteiger partial charge is 0.257 e. The zero-order valence-electron chi connectivity index (χ0n) is 17.1. The monoisotopic (exact) mass is 433 g/mol. The Morgan fingerprint density at radius 1 is 1.00 bits per heavy atom. The van der Waals surface area contributed by atoms with Gasteiger partial charge in [0.2, 0.25) is 11.8 Å². The molecular weight excluding hydrogens is 414 g/mol. The van der Waals surface area contributed by atoms with Crippen LogP contribution >= 0.6 is 11.6 Å². The van der Waals surface area contributed by atoms with E-state index in [1.807, 2.05) is 56.3 Å². The summed E-state index contributed by atoms with van der Waals surface area (Å²) < 4.78 is 5.76. The molecule has 0 aliphatic carbocycles. The molecule has 2 aromatic carbocycles. The van der Waals surface area contributed by atoms with Crippen molar-refractivity contribution in [2.24, 2.45) is 0 Å². The molecule has 0 aliphatic rings. The summed E-state index contributed by atoms with van der Waals surface area (Å²) in [6.07, 6.45) is 3.08. The topological polar surface area (TPSA) is 85.0 Å². The fourth-order valence-corrected chi connectivity index (χ4v) is 3.25. The molecule has 2 aromatic heterocycles. The number of nitrogens with zero attached hydrogens (tertiary/aromatic N) is 5. The maximum Gasteiger partial charge on any atom is 0.257 e. The molecule has 0 saturated heterocycles. The Kier molecular flexibility index (Phi) is 6.04. The summed E-state index contributed by atoms with van der Waals surface area (Å²) >= 11 is 6.21. The van der Waals surface area contributed by atoms with E-state index in [-0.39, 0.29) is 18.5 Å². The van der Waals surface area contributed by atoms with Crippen molar-refractivity contribution in [1.29, 1.82) is 0 Å². The summed E-state index contributed by atoms with van der Waals surface area (Å²) in [4.78, 5) is 23.4. The van der Waals surface area contributed by atoms with Crippen LogP contribution in [0.4, 0.5) is 0 Å². The highest BCUT2D eigenvalue weighted by Gasteiger charge is 2.23. The maximum absolute atomic E-state index is 13.1. The second-order valence-electron chi connectivity index (χ2n) is 7.17. The van der Waals surface area contributed by atoms with Crippen LogP contribution in [0.2, 0.25) is 5.02 Å². The van der Waals surface area contributed by atoms with Crippen LogP contribution in [0.25, 0.3) is 22.8 Å². The molecule has 0 spiro atoms. The number of halogens is 1. The van der Waals surface area contributed by atoms with Crippen molar-refractivity contribution in [1.82, 2.24) is 25.1 Å². The van der Waals surface area contributed by atoms with E-state index in [1.165, 1.54) is 12.4 Å². The van der Waals surface area contributed by atoms with Crippen molar-refractivity contribution in [3.8, 4) is 22.8 Å². The Morgan fingerprint density at radius 2 is 1.68 bits per heavy atom. The average Bonchev–Trinajstić information content (AvgIpc) is 3.26. The van der Waals surface area contributed by atoms with E-state index in [1.54, 1.807) is 17.0 Å². The number of aromatic nitrogens is 4. The lowest BCUT2D eigenvalue weighted by Crippen LogP contribution is -2.36. The van der Waals surface area contributed by atoms with E-state index in [4.69, 9.17) is 16.0 Å². The number of carbonyl (C=O) groups excluding carboxylic acids is 1. The van der Waals surface area contributed by atoms with Crippen molar-refractivity contribution in [3.63, 3.8) is 0 Å². The Labute approximate surface area is 184 Å². The molecule has 0 radical (unpaired) electrons.